The maximum absolute atomic E-state index is 15.7. The second kappa shape index (κ2) is 12.4. The molecule has 0 radical (unpaired) electrons. The van der Waals surface area contributed by atoms with Gasteiger partial charge in [-0.3, -0.25) is 9.78 Å². The minimum atomic E-state index is -2.11. The number of halogens is 4. The van der Waals surface area contributed by atoms with Gasteiger partial charge in [-0.05, 0) is 72.5 Å². The summed E-state index contributed by atoms with van der Waals surface area (Å²) < 4.78 is 71.0. The van der Waals surface area contributed by atoms with Crippen LogP contribution in [0.4, 0.5) is 23.4 Å². The van der Waals surface area contributed by atoms with Gasteiger partial charge in [0, 0.05) is 35.7 Å². The van der Waals surface area contributed by atoms with Gasteiger partial charge in [0.15, 0.2) is 23.9 Å². The number of rotatable bonds is 8. The summed E-state index contributed by atoms with van der Waals surface area (Å²) in [6, 6.07) is 11.2. The number of amides is 1. The van der Waals surface area contributed by atoms with E-state index in [1.54, 1.807) is 31.3 Å². The number of hydrogen-bond donors (Lipinski definition) is 1. The molecule has 3 aliphatic rings. The number of alkyl halides is 2. The van der Waals surface area contributed by atoms with Crippen LogP contribution in [-0.4, -0.2) is 50.8 Å². The van der Waals surface area contributed by atoms with Crippen LogP contribution in [0.5, 0.6) is 5.75 Å². The lowest BCUT2D eigenvalue weighted by Gasteiger charge is -2.18. The van der Waals surface area contributed by atoms with Gasteiger partial charge in [-0.25, -0.2) is 22.5 Å². The maximum Gasteiger partial charge on any atom is 0.257 e. The predicted octanol–water partition coefficient (Wildman–Crippen LogP) is 8.59. The molecule has 14 heteroatoms. The highest BCUT2D eigenvalue weighted by Gasteiger charge is 2.46. The van der Waals surface area contributed by atoms with E-state index in [0.29, 0.717) is 68.8 Å². The Morgan fingerprint density at radius 3 is 2.63 bits per heavy atom. The molecule has 9 nitrogen and oxygen atoms in total. The van der Waals surface area contributed by atoms with Gasteiger partial charge < -0.3 is 19.4 Å². The van der Waals surface area contributed by atoms with E-state index in [1.165, 1.54) is 36.6 Å². The Bertz CT molecular complexity index is 2400. The van der Waals surface area contributed by atoms with Crippen molar-refractivity contribution in [3.05, 3.63) is 106 Å². The van der Waals surface area contributed by atoms with E-state index in [2.05, 4.69) is 20.5 Å². The molecule has 1 amide bonds. The van der Waals surface area contributed by atoms with Crippen molar-refractivity contribution >= 4 is 33.1 Å². The Labute approximate surface area is 298 Å². The van der Waals surface area contributed by atoms with Crippen molar-refractivity contribution in [1.82, 2.24) is 25.1 Å². The fourth-order valence-electron chi connectivity index (χ4n) is 7.87. The summed E-state index contributed by atoms with van der Waals surface area (Å²) >= 11 is 1.33. The summed E-state index contributed by atoms with van der Waals surface area (Å²) in [6.07, 6.45) is 0.0502. The topological polar surface area (TPSA) is 106 Å². The fourth-order valence-corrected chi connectivity index (χ4v) is 9.03. The van der Waals surface area contributed by atoms with Crippen LogP contribution in [-0.2, 0) is 12.8 Å². The number of methoxy groups -OCH3 is 1. The number of nitrogens with zero attached hydrogens (tertiary/aromatic N) is 5. The number of nitrogens with one attached hydrogen (secondary N) is 1. The molecule has 2 aliphatic heterocycles. The molecule has 4 atom stereocenters. The average molecular weight is 727 g/mol. The number of fused-ring (bicyclic) bond motifs is 5. The van der Waals surface area contributed by atoms with Gasteiger partial charge in [-0.15, -0.1) is 21.5 Å². The first kappa shape index (κ1) is 32.5. The van der Waals surface area contributed by atoms with E-state index in [-0.39, 0.29) is 40.5 Å². The first-order valence-corrected chi connectivity index (χ1v) is 17.8. The third-order valence-electron chi connectivity index (χ3n) is 10.2. The number of carbonyl (C=O) groups excluding carboxylic acids is 1. The first-order chi connectivity index (χ1) is 25.2. The summed E-state index contributed by atoms with van der Waals surface area (Å²) in [5.41, 5.74) is 3.96. The van der Waals surface area contributed by atoms with Gasteiger partial charge in [0.05, 0.1) is 46.4 Å². The molecule has 6 aromatic rings. The zero-order valence-corrected chi connectivity index (χ0v) is 28.7. The van der Waals surface area contributed by atoms with Crippen molar-refractivity contribution in [3.63, 3.8) is 0 Å². The van der Waals surface area contributed by atoms with Crippen molar-refractivity contribution < 1.29 is 31.5 Å². The lowest BCUT2D eigenvalue weighted by Crippen LogP contribution is -2.22. The van der Waals surface area contributed by atoms with Crippen LogP contribution in [0, 0.1) is 18.6 Å². The SMILES string of the molecule is COc1c(F)ccc2c1[C@@H](F)[C@@H](F)C2Nc1nccc2cc(-c3c4c(nc(CCc5ccc(F)cc5)c3-c3nnc(C)o3)[C@@H]3CCCN3C4=O)sc12. The van der Waals surface area contributed by atoms with Crippen LogP contribution in [0.15, 0.2) is 59.1 Å². The van der Waals surface area contributed by atoms with Gasteiger partial charge in [-0.1, -0.05) is 18.2 Å². The number of hydrogen-bond acceptors (Lipinski definition) is 9. The molecule has 0 spiro atoms. The second-order valence-corrected chi connectivity index (χ2v) is 14.3. The van der Waals surface area contributed by atoms with Crippen LogP contribution < -0.4 is 10.1 Å². The van der Waals surface area contributed by atoms with Gasteiger partial charge in [0.1, 0.15) is 11.6 Å². The summed E-state index contributed by atoms with van der Waals surface area (Å²) in [7, 11) is 1.22. The number of aromatic nitrogens is 4. The van der Waals surface area contributed by atoms with Gasteiger partial charge in [-0.2, -0.15) is 0 Å². The first-order valence-electron chi connectivity index (χ1n) is 16.9. The number of anilines is 1. The molecule has 1 fully saturated rings. The molecule has 0 saturated carbocycles. The Morgan fingerprint density at radius 1 is 1.04 bits per heavy atom. The minimum absolute atomic E-state index is 0.130. The van der Waals surface area contributed by atoms with Crippen LogP contribution in [0.3, 0.4) is 0 Å². The number of aryl methyl sites for hydroxylation is 3. The molecule has 6 heterocycles. The van der Waals surface area contributed by atoms with Crippen molar-refractivity contribution in [2.75, 3.05) is 19.0 Å². The van der Waals surface area contributed by atoms with Gasteiger partial charge in [0.25, 0.3) is 5.91 Å². The van der Waals surface area contributed by atoms with Crippen LogP contribution in [0.2, 0.25) is 0 Å². The molecule has 2 aromatic carbocycles. The highest BCUT2D eigenvalue weighted by atomic mass is 32.1. The molecular weight excluding hydrogens is 697 g/mol. The number of ether oxygens (including phenoxy) is 1. The summed E-state index contributed by atoms with van der Waals surface area (Å²) in [5, 5.41) is 12.3. The molecule has 9 rings (SSSR count). The van der Waals surface area contributed by atoms with Gasteiger partial charge >= 0.3 is 0 Å². The van der Waals surface area contributed by atoms with E-state index in [9.17, 15) is 13.6 Å². The second-order valence-electron chi connectivity index (χ2n) is 13.2. The fraction of sp³-hybridized carbons (Fsp3) is 0.289. The zero-order valence-electron chi connectivity index (χ0n) is 27.9. The average Bonchev–Trinajstić information content (AvgIpc) is 3.97. The number of carbonyl (C=O) groups is 1. The molecule has 1 unspecified atom stereocenters. The summed E-state index contributed by atoms with van der Waals surface area (Å²) in [5.74, 6) is -0.701. The van der Waals surface area contributed by atoms with E-state index >= 15 is 8.78 Å². The normalized spacial score (nSPS) is 20.4. The highest BCUT2D eigenvalue weighted by Crippen LogP contribution is 2.52. The van der Waals surface area contributed by atoms with Crippen molar-refractivity contribution in [3.8, 4) is 27.6 Å². The van der Waals surface area contributed by atoms with Crippen LogP contribution >= 0.6 is 11.3 Å². The zero-order chi connectivity index (χ0) is 35.8. The monoisotopic (exact) mass is 726 g/mol. The largest absolute Gasteiger partial charge is 0.493 e. The Balaban J connectivity index is 1.20. The molecule has 1 saturated heterocycles. The lowest BCUT2D eigenvalue weighted by atomic mass is 9.93. The molecule has 1 aliphatic carbocycles. The molecule has 4 aromatic heterocycles. The van der Waals surface area contributed by atoms with E-state index < -0.39 is 24.2 Å². The lowest BCUT2D eigenvalue weighted by molar-refractivity contribution is 0.0776. The third-order valence-corrected chi connectivity index (χ3v) is 11.4. The quantitative estimate of drug-likeness (QED) is 0.156. The molecule has 264 valence electrons. The van der Waals surface area contributed by atoms with E-state index in [0.717, 1.165) is 29.9 Å². The maximum atomic E-state index is 15.7. The Morgan fingerprint density at radius 2 is 1.87 bits per heavy atom. The summed E-state index contributed by atoms with van der Waals surface area (Å²) in [6.45, 7) is 2.30. The number of pyridine rings is 2. The van der Waals surface area contributed by atoms with Crippen molar-refractivity contribution in [1.29, 1.82) is 0 Å². The number of thiophene rings is 1. The Hall–Kier alpha value is -5.37. The summed E-state index contributed by atoms with van der Waals surface area (Å²) in [4.78, 5) is 26.4. The van der Waals surface area contributed by atoms with Crippen molar-refractivity contribution in [2.24, 2.45) is 0 Å². The van der Waals surface area contributed by atoms with Crippen molar-refractivity contribution in [2.45, 2.75) is 57.0 Å². The third kappa shape index (κ3) is 5.06. The van der Waals surface area contributed by atoms with Crippen LogP contribution in [0.1, 0.15) is 75.4 Å². The number of benzene rings is 2. The molecule has 0 bridgehead atoms. The van der Waals surface area contributed by atoms with Crippen LogP contribution in [0.25, 0.3) is 32.0 Å². The minimum Gasteiger partial charge on any atom is -0.493 e. The smallest absolute Gasteiger partial charge is 0.257 e. The molecule has 1 N–H and O–H groups in total. The highest BCUT2D eigenvalue weighted by molar-refractivity contribution is 7.23. The van der Waals surface area contributed by atoms with E-state index in [4.69, 9.17) is 14.1 Å². The standard InChI is InChI=1S/C38H30F4N6O3S/c1-17-46-47-37(51-17)27-23(12-7-18-5-8-20(39)9-6-18)44-33-24-4-3-15-48(24)38(49)29(33)28(27)25-16-19-13-14-43-36(35(19)52-25)45-32-21-10-11-22(40)34(50-2)26(21)30(41)31(32)42/h5-6,8-11,13-14,16,24,30-32H,3-4,7,12,15H2,1-2H3,(H,43,45)/t24-,30+,31+,32?/m0/s1. The Kier molecular flexibility index (Phi) is 7.75. The molecular formula is C38H30F4N6O3S. The molecule has 52 heavy (non-hydrogen) atoms. The van der Waals surface area contributed by atoms with E-state index in [1.807, 2.05) is 11.0 Å². The van der Waals surface area contributed by atoms with Gasteiger partial charge in [0.2, 0.25) is 11.8 Å². The predicted molar refractivity (Wildman–Crippen MR) is 186 cm³/mol.